The van der Waals surface area contributed by atoms with Crippen molar-refractivity contribution in [1.29, 1.82) is 0 Å². The van der Waals surface area contributed by atoms with Gasteiger partial charge in [0.25, 0.3) is 0 Å². The molecule has 0 aliphatic carbocycles. The van der Waals surface area contributed by atoms with Crippen molar-refractivity contribution in [2.24, 2.45) is 0 Å². The largest absolute Gasteiger partial charge is 0.368 e. The van der Waals surface area contributed by atoms with Crippen molar-refractivity contribution in [1.82, 2.24) is 20.0 Å². The third-order valence-corrected chi connectivity index (χ3v) is 5.17. The van der Waals surface area contributed by atoms with E-state index in [0.717, 1.165) is 49.2 Å². The zero-order valence-electron chi connectivity index (χ0n) is 16.5. The molecule has 1 aliphatic heterocycles. The second-order valence-corrected chi connectivity index (χ2v) is 7.35. The van der Waals surface area contributed by atoms with E-state index in [1.807, 2.05) is 36.7 Å². The lowest BCUT2D eigenvalue weighted by molar-refractivity contribution is 0.640. The van der Waals surface area contributed by atoms with Crippen LogP contribution in [-0.4, -0.2) is 46.2 Å². The number of rotatable bonds is 3. The van der Waals surface area contributed by atoms with Gasteiger partial charge >= 0.3 is 0 Å². The number of aryl methyl sites for hydroxylation is 4. The van der Waals surface area contributed by atoms with Crippen molar-refractivity contribution in [3.05, 3.63) is 58.9 Å². The van der Waals surface area contributed by atoms with E-state index in [-0.39, 0.29) is 0 Å². The smallest absolute Gasteiger partial charge is 0.176 e. The quantitative estimate of drug-likeness (QED) is 0.716. The molecule has 27 heavy (non-hydrogen) atoms. The fraction of sp³-hybridized carbons (Fsp3) is 0.381. The first-order chi connectivity index (χ1) is 13.0. The zero-order chi connectivity index (χ0) is 19.0. The molecule has 3 heterocycles. The molecule has 6 heteroatoms. The van der Waals surface area contributed by atoms with Crippen LogP contribution in [0.4, 0.5) is 11.5 Å². The fourth-order valence-electron chi connectivity index (χ4n) is 3.70. The lowest BCUT2D eigenvalue weighted by atomic mass is 10.1. The molecule has 4 rings (SSSR count). The van der Waals surface area contributed by atoms with Crippen LogP contribution in [0, 0.1) is 27.7 Å². The fourth-order valence-corrected chi connectivity index (χ4v) is 3.70. The van der Waals surface area contributed by atoms with E-state index >= 15 is 0 Å². The van der Waals surface area contributed by atoms with Gasteiger partial charge in [-0.25, -0.2) is 4.68 Å². The third-order valence-electron chi connectivity index (χ3n) is 5.17. The van der Waals surface area contributed by atoms with Gasteiger partial charge in [0, 0.05) is 37.6 Å². The minimum Gasteiger partial charge on any atom is -0.368 e. The van der Waals surface area contributed by atoms with Crippen molar-refractivity contribution in [3.63, 3.8) is 0 Å². The summed E-state index contributed by atoms with van der Waals surface area (Å²) in [6.45, 7) is 12.2. The van der Waals surface area contributed by atoms with Crippen molar-refractivity contribution in [3.8, 4) is 5.82 Å². The highest BCUT2D eigenvalue weighted by Gasteiger charge is 2.20. The Labute approximate surface area is 160 Å². The van der Waals surface area contributed by atoms with Gasteiger partial charge in [-0.1, -0.05) is 12.1 Å². The Balaban J connectivity index is 1.45. The Bertz CT molecular complexity index is 936. The van der Waals surface area contributed by atoms with Gasteiger partial charge in [-0.2, -0.15) is 5.10 Å². The maximum atomic E-state index is 4.48. The van der Waals surface area contributed by atoms with Crippen LogP contribution in [0.2, 0.25) is 0 Å². The molecular formula is C21H26N6. The molecule has 0 N–H and O–H groups in total. The molecule has 0 unspecified atom stereocenters. The molecule has 2 aromatic heterocycles. The number of hydrogen-bond acceptors (Lipinski definition) is 5. The average Bonchev–Trinajstić information content (AvgIpc) is 3.02. The van der Waals surface area contributed by atoms with Crippen LogP contribution in [0.3, 0.4) is 0 Å². The lowest BCUT2D eigenvalue weighted by Gasteiger charge is -2.37. The molecule has 140 valence electrons. The average molecular weight is 362 g/mol. The van der Waals surface area contributed by atoms with Gasteiger partial charge in [0.1, 0.15) is 0 Å². The maximum Gasteiger partial charge on any atom is 0.176 e. The predicted octanol–water partition coefficient (Wildman–Crippen LogP) is 3.22. The standard InChI is InChI=1S/C21H26N6/c1-15-5-6-16(2)19(13-15)25-9-11-26(12-10-25)20-7-8-21(23-22-20)27-18(4)14-17(3)24-27/h5-8,13-14H,9-12H2,1-4H3. The first-order valence-corrected chi connectivity index (χ1v) is 9.46. The first-order valence-electron chi connectivity index (χ1n) is 9.46. The number of benzene rings is 1. The van der Waals surface area contributed by atoms with Crippen LogP contribution >= 0.6 is 0 Å². The molecule has 0 saturated carbocycles. The Hall–Kier alpha value is -2.89. The van der Waals surface area contributed by atoms with Crippen LogP contribution in [0.5, 0.6) is 0 Å². The van der Waals surface area contributed by atoms with Crippen molar-refractivity contribution in [2.75, 3.05) is 36.0 Å². The van der Waals surface area contributed by atoms with Crippen LogP contribution < -0.4 is 9.80 Å². The third kappa shape index (κ3) is 3.52. The van der Waals surface area contributed by atoms with Crippen LogP contribution in [0.25, 0.3) is 5.82 Å². The summed E-state index contributed by atoms with van der Waals surface area (Å²) in [4.78, 5) is 4.77. The number of aromatic nitrogens is 4. The second-order valence-electron chi connectivity index (χ2n) is 7.35. The Kier molecular flexibility index (Phi) is 4.56. The van der Waals surface area contributed by atoms with E-state index in [4.69, 9.17) is 0 Å². The number of nitrogens with zero attached hydrogens (tertiary/aromatic N) is 6. The van der Waals surface area contributed by atoms with Crippen LogP contribution in [0.1, 0.15) is 22.5 Å². The van der Waals surface area contributed by atoms with Gasteiger partial charge in [0.05, 0.1) is 5.69 Å². The molecule has 0 radical (unpaired) electrons. The van der Waals surface area contributed by atoms with Gasteiger partial charge in [-0.3, -0.25) is 0 Å². The normalized spacial score (nSPS) is 14.7. The molecule has 1 saturated heterocycles. The van der Waals surface area contributed by atoms with Gasteiger partial charge in [0.15, 0.2) is 11.6 Å². The first kappa shape index (κ1) is 17.5. The summed E-state index contributed by atoms with van der Waals surface area (Å²) in [5.41, 5.74) is 6.05. The van der Waals surface area contributed by atoms with E-state index in [0.29, 0.717) is 0 Å². The predicted molar refractivity (Wildman–Crippen MR) is 109 cm³/mol. The van der Waals surface area contributed by atoms with Crippen LogP contribution in [-0.2, 0) is 0 Å². The van der Waals surface area contributed by atoms with Crippen molar-refractivity contribution < 1.29 is 0 Å². The van der Waals surface area contributed by atoms with E-state index in [2.05, 4.69) is 57.1 Å². The minimum atomic E-state index is 0.762. The summed E-state index contributed by atoms with van der Waals surface area (Å²) in [5, 5.41) is 13.3. The highest BCUT2D eigenvalue weighted by Crippen LogP contribution is 2.24. The highest BCUT2D eigenvalue weighted by atomic mass is 15.4. The van der Waals surface area contributed by atoms with Crippen molar-refractivity contribution >= 4 is 11.5 Å². The number of hydrogen-bond donors (Lipinski definition) is 0. The maximum absolute atomic E-state index is 4.48. The molecular weight excluding hydrogens is 336 g/mol. The van der Waals surface area contributed by atoms with Crippen LogP contribution in [0.15, 0.2) is 36.4 Å². The molecule has 1 fully saturated rings. The molecule has 0 spiro atoms. The molecule has 0 atom stereocenters. The lowest BCUT2D eigenvalue weighted by Crippen LogP contribution is -2.47. The summed E-state index contributed by atoms with van der Waals surface area (Å²) in [6.07, 6.45) is 0. The van der Waals surface area contributed by atoms with Crippen molar-refractivity contribution in [2.45, 2.75) is 27.7 Å². The molecule has 1 aliphatic rings. The molecule has 0 bridgehead atoms. The molecule has 1 aromatic carbocycles. The Morgan fingerprint density at radius 1 is 0.741 bits per heavy atom. The van der Waals surface area contributed by atoms with Gasteiger partial charge in [-0.15, -0.1) is 10.2 Å². The number of anilines is 2. The summed E-state index contributed by atoms with van der Waals surface area (Å²) in [7, 11) is 0. The van der Waals surface area contributed by atoms with E-state index in [9.17, 15) is 0 Å². The van der Waals surface area contributed by atoms with Gasteiger partial charge in [-0.05, 0) is 63.1 Å². The topological polar surface area (TPSA) is 50.1 Å². The summed E-state index contributed by atoms with van der Waals surface area (Å²) < 4.78 is 1.84. The molecule has 6 nitrogen and oxygen atoms in total. The summed E-state index contributed by atoms with van der Waals surface area (Å²) in [6, 6.07) is 12.8. The highest BCUT2D eigenvalue weighted by molar-refractivity contribution is 5.56. The Morgan fingerprint density at radius 2 is 1.41 bits per heavy atom. The molecule has 0 amide bonds. The summed E-state index contributed by atoms with van der Waals surface area (Å²) in [5.74, 6) is 1.69. The van der Waals surface area contributed by atoms with E-state index in [1.165, 1.54) is 16.8 Å². The second kappa shape index (κ2) is 7.02. The van der Waals surface area contributed by atoms with E-state index < -0.39 is 0 Å². The zero-order valence-corrected chi connectivity index (χ0v) is 16.5. The monoisotopic (exact) mass is 362 g/mol. The van der Waals surface area contributed by atoms with Gasteiger partial charge in [0.2, 0.25) is 0 Å². The SMILES string of the molecule is Cc1ccc(C)c(N2CCN(c3ccc(-n4nc(C)cc4C)nn3)CC2)c1. The Morgan fingerprint density at radius 3 is 2.04 bits per heavy atom. The number of piperazine rings is 1. The minimum absolute atomic E-state index is 0.762. The van der Waals surface area contributed by atoms with E-state index in [1.54, 1.807) is 0 Å². The molecule has 3 aromatic rings. The summed E-state index contributed by atoms with van der Waals surface area (Å²) >= 11 is 0. The van der Waals surface area contributed by atoms with Gasteiger partial charge < -0.3 is 9.80 Å².